The van der Waals surface area contributed by atoms with E-state index < -0.39 is 0 Å². The molecule has 1 saturated heterocycles. The van der Waals surface area contributed by atoms with Crippen LogP contribution in [-0.2, 0) is 0 Å². The lowest BCUT2D eigenvalue weighted by Crippen LogP contribution is -2.44. The van der Waals surface area contributed by atoms with Gasteiger partial charge in [-0.2, -0.15) is 0 Å². The molecule has 0 spiro atoms. The van der Waals surface area contributed by atoms with Gasteiger partial charge in [0.1, 0.15) is 0 Å². The standard InChI is InChI=1S/C10H22N2/c1-8-4-9(2)6-12(5-8)7-10(3)11/h8-10H,4-7,11H2,1-3H3/t8-,9-,10+/m1/s1. The molecule has 0 aromatic carbocycles. The van der Waals surface area contributed by atoms with Crippen molar-refractivity contribution in [3.8, 4) is 0 Å². The Hall–Kier alpha value is -0.0800. The van der Waals surface area contributed by atoms with Gasteiger partial charge in [-0.25, -0.2) is 0 Å². The summed E-state index contributed by atoms with van der Waals surface area (Å²) in [4.78, 5) is 2.50. The summed E-state index contributed by atoms with van der Waals surface area (Å²) in [6, 6.07) is 0.322. The minimum absolute atomic E-state index is 0.322. The highest BCUT2D eigenvalue weighted by molar-refractivity contribution is 4.76. The van der Waals surface area contributed by atoms with Gasteiger partial charge in [-0.3, -0.25) is 0 Å². The highest BCUT2D eigenvalue weighted by Crippen LogP contribution is 2.20. The Morgan fingerprint density at radius 3 is 2.25 bits per heavy atom. The van der Waals surface area contributed by atoms with Crippen LogP contribution in [-0.4, -0.2) is 30.6 Å². The number of likely N-dealkylation sites (tertiary alicyclic amines) is 1. The first-order valence-electron chi connectivity index (χ1n) is 5.06. The van der Waals surface area contributed by atoms with Gasteiger partial charge >= 0.3 is 0 Å². The molecule has 12 heavy (non-hydrogen) atoms. The Bertz CT molecular complexity index is 121. The van der Waals surface area contributed by atoms with Crippen LogP contribution in [0, 0.1) is 11.8 Å². The number of hydrogen-bond acceptors (Lipinski definition) is 2. The van der Waals surface area contributed by atoms with E-state index in [1.807, 2.05) is 0 Å². The summed E-state index contributed by atoms with van der Waals surface area (Å²) in [7, 11) is 0. The van der Waals surface area contributed by atoms with Crippen LogP contribution in [0.5, 0.6) is 0 Å². The smallest absolute Gasteiger partial charge is 0.0139 e. The minimum Gasteiger partial charge on any atom is -0.327 e. The van der Waals surface area contributed by atoms with Crippen LogP contribution in [0.4, 0.5) is 0 Å². The summed E-state index contributed by atoms with van der Waals surface area (Å²) in [6.07, 6.45) is 1.38. The monoisotopic (exact) mass is 170 g/mol. The van der Waals surface area contributed by atoms with Crippen LogP contribution in [0.25, 0.3) is 0 Å². The fourth-order valence-electron chi connectivity index (χ4n) is 2.35. The largest absolute Gasteiger partial charge is 0.327 e. The lowest BCUT2D eigenvalue weighted by molar-refractivity contribution is 0.136. The zero-order valence-electron chi connectivity index (χ0n) is 8.59. The molecule has 72 valence electrons. The molecule has 0 aromatic rings. The summed E-state index contributed by atoms with van der Waals surface area (Å²) in [5.74, 6) is 1.71. The van der Waals surface area contributed by atoms with Crippen molar-refractivity contribution >= 4 is 0 Å². The third-order valence-electron chi connectivity index (χ3n) is 2.49. The van der Waals surface area contributed by atoms with Gasteiger partial charge in [-0.05, 0) is 25.2 Å². The second-order valence-electron chi connectivity index (χ2n) is 4.64. The van der Waals surface area contributed by atoms with E-state index in [0.717, 1.165) is 18.4 Å². The van der Waals surface area contributed by atoms with Crippen LogP contribution >= 0.6 is 0 Å². The van der Waals surface area contributed by atoms with E-state index in [-0.39, 0.29) is 0 Å². The molecule has 2 nitrogen and oxygen atoms in total. The average Bonchev–Trinajstić information content (AvgIpc) is 1.81. The topological polar surface area (TPSA) is 29.3 Å². The Morgan fingerprint density at radius 1 is 1.33 bits per heavy atom. The molecule has 0 saturated carbocycles. The molecule has 2 heteroatoms. The SMILES string of the molecule is C[C@@H]1C[C@@H](C)CN(C[C@H](C)N)C1. The average molecular weight is 170 g/mol. The van der Waals surface area contributed by atoms with Gasteiger partial charge < -0.3 is 10.6 Å². The molecule has 0 unspecified atom stereocenters. The first-order chi connectivity index (χ1) is 5.58. The maximum absolute atomic E-state index is 5.77. The third-order valence-corrected chi connectivity index (χ3v) is 2.49. The summed E-state index contributed by atoms with van der Waals surface area (Å²) in [5.41, 5.74) is 5.77. The van der Waals surface area contributed by atoms with Crippen LogP contribution in [0.2, 0.25) is 0 Å². The summed E-state index contributed by atoms with van der Waals surface area (Å²) in [5, 5.41) is 0. The fraction of sp³-hybridized carbons (Fsp3) is 1.00. The number of rotatable bonds is 2. The lowest BCUT2D eigenvalue weighted by atomic mass is 9.92. The predicted molar refractivity (Wildman–Crippen MR) is 53.0 cm³/mol. The molecule has 0 amide bonds. The highest BCUT2D eigenvalue weighted by atomic mass is 15.1. The normalized spacial score (nSPS) is 35.0. The van der Waals surface area contributed by atoms with E-state index in [2.05, 4.69) is 25.7 Å². The Morgan fingerprint density at radius 2 is 1.83 bits per heavy atom. The van der Waals surface area contributed by atoms with Gasteiger partial charge in [0.05, 0.1) is 0 Å². The number of hydrogen-bond donors (Lipinski definition) is 1. The number of nitrogens with two attached hydrogens (primary N) is 1. The molecular weight excluding hydrogens is 148 g/mol. The molecule has 0 aromatic heterocycles. The van der Waals surface area contributed by atoms with E-state index in [1.54, 1.807) is 0 Å². The summed E-state index contributed by atoms with van der Waals surface area (Å²) >= 11 is 0. The maximum atomic E-state index is 5.77. The molecule has 3 atom stereocenters. The molecule has 1 fully saturated rings. The number of nitrogens with zero attached hydrogens (tertiary/aromatic N) is 1. The Balaban J connectivity index is 2.34. The van der Waals surface area contributed by atoms with Crippen molar-refractivity contribution in [2.24, 2.45) is 17.6 Å². The van der Waals surface area contributed by atoms with Crippen LogP contribution < -0.4 is 5.73 Å². The van der Waals surface area contributed by atoms with Crippen LogP contribution in [0.15, 0.2) is 0 Å². The van der Waals surface area contributed by atoms with Crippen molar-refractivity contribution in [3.05, 3.63) is 0 Å². The molecule has 0 bridgehead atoms. The van der Waals surface area contributed by atoms with Crippen molar-refractivity contribution in [2.75, 3.05) is 19.6 Å². The van der Waals surface area contributed by atoms with Crippen molar-refractivity contribution in [3.63, 3.8) is 0 Å². The minimum atomic E-state index is 0.322. The second kappa shape index (κ2) is 4.24. The summed E-state index contributed by atoms with van der Waals surface area (Å²) < 4.78 is 0. The molecule has 1 aliphatic rings. The lowest BCUT2D eigenvalue weighted by Gasteiger charge is -2.35. The van der Waals surface area contributed by atoms with Gasteiger partial charge in [-0.1, -0.05) is 13.8 Å². The fourth-order valence-corrected chi connectivity index (χ4v) is 2.35. The molecule has 2 N–H and O–H groups in total. The molecule has 0 radical (unpaired) electrons. The molecule has 1 aliphatic heterocycles. The second-order valence-corrected chi connectivity index (χ2v) is 4.64. The van der Waals surface area contributed by atoms with Gasteiger partial charge in [0.25, 0.3) is 0 Å². The Labute approximate surface area is 76.1 Å². The van der Waals surface area contributed by atoms with E-state index in [4.69, 9.17) is 5.73 Å². The summed E-state index contributed by atoms with van der Waals surface area (Å²) in [6.45, 7) is 10.3. The van der Waals surface area contributed by atoms with Crippen molar-refractivity contribution < 1.29 is 0 Å². The van der Waals surface area contributed by atoms with Crippen molar-refractivity contribution in [1.29, 1.82) is 0 Å². The van der Waals surface area contributed by atoms with E-state index in [0.29, 0.717) is 6.04 Å². The van der Waals surface area contributed by atoms with E-state index >= 15 is 0 Å². The highest BCUT2D eigenvalue weighted by Gasteiger charge is 2.21. The quantitative estimate of drug-likeness (QED) is 0.677. The molecular formula is C10H22N2. The first kappa shape index (κ1) is 10.0. The zero-order valence-corrected chi connectivity index (χ0v) is 8.59. The zero-order chi connectivity index (χ0) is 9.14. The van der Waals surface area contributed by atoms with Gasteiger partial charge in [0.2, 0.25) is 0 Å². The molecule has 0 aliphatic carbocycles. The van der Waals surface area contributed by atoms with E-state index in [1.165, 1.54) is 19.5 Å². The van der Waals surface area contributed by atoms with E-state index in [9.17, 15) is 0 Å². The molecule has 1 heterocycles. The van der Waals surface area contributed by atoms with Gasteiger partial charge in [-0.15, -0.1) is 0 Å². The first-order valence-corrected chi connectivity index (χ1v) is 5.06. The van der Waals surface area contributed by atoms with Gasteiger partial charge in [0.15, 0.2) is 0 Å². The third kappa shape index (κ3) is 3.11. The Kier molecular flexibility index (Phi) is 3.53. The number of piperidine rings is 1. The molecule has 1 rings (SSSR count). The van der Waals surface area contributed by atoms with Crippen molar-refractivity contribution in [1.82, 2.24) is 4.90 Å². The van der Waals surface area contributed by atoms with Crippen molar-refractivity contribution in [2.45, 2.75) is 33.2 Å². The van der Waals surface area contributed by atoms with Crippen LogP contribution in [0.3, 0.4) is 0 Å². The van der Waals surface area contributed by atoms with Crippen LogP contribution in [0.1, 0.15) is 27.2 Å². The van der Waals surface area contributed by atoms with Gasteiger partial charge in [0, 0.05) is 25.7 Å². The maximum Gasteiger partial charge on any atom is 0.0139 e. The predicted octanol–water partition coefficient (Wildman–Crippen LogP) is 1.31.